The average Bonchev–Trinajstić information content (AvgIpc) is 3.02. The lowest BCUT2D eigenvalue weighted by Gasteiger charge is -2.14. The van der Waals surface area contributed by atoms with E-state index in [9.17, 15) is 9.90 Å². The zero-order valence-corrected chi connectivity index (χ0v) is 14.2. The highest BCUT2D eigenvalue weighted by atomic mass is 32.1. The third kappa shape index (κ3) is 3.83. The number of aryl methyl sites for hydroxylation is 1. The van der Waals surface area contributed by atoms with Gasteiger partial charge in [-0.2, -0.15) is 0 Å². The SMILES string of the molecule is CCc1nc(COc2cc(C(C)(C)C)sc2C(=O)O)cs1. The minimum absolute atomic E-state index is 0.0908. The molecule has 0 unspecified atom stereocenters. The molecule has 0 bridgehead atoms. The van der Waals surface area contributed by atoms with Crippen molar-refractivity contribution in [2.24, 2.45) is 0 Å². The van der Waals surface area contributed by atoms with E-state index in [1.165, 1.54) is 11.3 Å². The Morgan fingerprint density at radius 2 is 2.14 bits per heavy atom. The molecule has 1 N–H and O–H groups in total. The van der Waals surface area contributed by atoms with Gasteiger partial charge in [-0.25, -0.2) is 9.78 Å². The van der Waals surface area contributed by atoms with Crippen LogP contribution < -0.4 is 4.74 Å². The summed E-state index contributed by atoms with van der Waals surface area (Å²) in [7, 11) is 0. The van der Waals surface area contributed by atoms with Gasteiger partial charge in [-0.1, -0.05) is 27.7 Å². The van der Waals surface area contributed by atoms with Crippen LogP contribution in [0.5, 0.6) is 5.75 Å². The molecule has 0 saturated heterocycles. The van der Waals surface area contributed by atoms with E-state index in [4.69, 9.17) is 4.74 Å². The van der Waals surface area contributed by atoms with Gasteiger partial charge in [0.05, 0.1) is 10.7 Å². The number of rotatable bonds is 5. The second-order valence-corrected chi connectivity index (χ2v) is 7.73. The number of aromatic nitrogens is 1. The Labute approximate surface area is 132 Å². The maximum absolute atomic E-state index is 11.3. The van der Waals surface area contributed by atoms with E-state index >= 15 is 0 Å². The number of hydrogen-bond donors (Lipinski definition) is 1. The van der Waals surface area contributed by atoms with Gasteiger partial charge in [-0.15, -0.1) is 22.7 Å². The Bertz CT molecular complexity index is 638. The van der Waals surface area contributed by atoms with Crippen LogP contribution in [0.15, 0.2) is 11.4 Å². The summed E-state index contributed by atoms with van der Waals surface area (Å²) in [5.41, 5.74) is 0.753. The highest BCUT2D eigenvalue weighted by molar-refractivity contribution is 7.14. The van der Waals surface area contributed by atoms with Crippen molar-refractivity contribution in [1.82, 2.24) is 4.98 Å². The monoisotopic (exact) mass is 325 g/mol. The fourth-order valence-electron chi connectivity index (χ4n) is 1.73. The van der Waals surface area contributed by atoms with E-state index in [0.29, 0.717) is 12.4 Å². The first-order valence-electron chi connectivity index (χ1n) is 6.75. The molecule has 0 radical (unpaired) electrons. The summed E-state index contributed by atoms with van der Waals surface area (Å²) < 4.78 is 5.69. The molecule has 0 aliphatic rings. The minimum Gasteiger partial charge on any atom is -0.485 e. The minimum atomic E-state index is -0.946. The summed E-state index contributed by atoms with van der Waals surface area (Å²) in [6.45, 7) is 8.53. The van der Waals surface area contributed by atoms with Crippen LogP contribution in [0.2, 0.25) is 0 Å². The van der Waals surface area contributed by atoms with Gasteiger partial charge in [-0.05, 0) is 17.9 Å². The lowest BCUT2D eigenvalue weighted by atomic mass is 9.95. The fraction of sp³-hybridized carbons (Fsp3) is 0.467. The van der Waals surface area contributed by atoms with Crippen LogP contribution in [-0.4, -0.2) is 16.1 Å². The molecule has 0 aromatic carbocycles. The van der Waals surface area contributed by atoms with Crippen molar-refractivity contribution in [3.63, 3.8) is 0 Å². The summed E-state index contributed by atoms with van der Waals surface area (Å²) in [5.74, 6) is -0.513. The maximum atomic E-state index is 11.3. The van der Waals surface area contributed by atoms with Crippen LogP contribution in [0.1, 0.15) is 52.9 Å². The van der Waals surface area contributed by atoms with Gasteiger partial charge < -0.3 is 9.84 Å². The molecular formula is C15H19NO3S2. The van der Waals surface area contributed by atoms with E-state index in [-0.39, 0.29) is 10.3 Å². The summed E-state index contributed by atoms with van der Waals surface area (Å²) in [5, 5.41) is 12.3. The lowest BCUT2D eigenvalue weighted by Crippen LogP contribution is -2.08. The smallest absolute Gasteiger partial charge is 0.349 e. The zero-order chi connectivity index (χ0) is 15.6. The van der Waals surface area contributed by atoms with E-state index in [0.717, 1.165) is 22.0 Å². The Hall–Kier alpha value is -1.40. The summed E-state index contributed by atoms with van der Waals surface area (Å²) >= 11 is 2.88. The largest absolute Gasteiger partial charge is 0.485 e. The molecule has 0 aliphatic carbocycles. The fourth-order valence-corrected chi connectivity index (χ4v) is 3.46. The molecule has 2 rings (SSSR count). The Morgan fingerprint density at radius 1 is 1.43 bits per heavy atom. The predicted molar refractivity (Wildman–Crippen MR) is 85.8 cm³/mol. The molecule has 0 amide bonds. The molecule has 0 atom stereocenters. The van der Waals surface area contributed by atoms with E-state index < -0.39 is 5.97 Å². The predicted octanol–water partition coefficient (Wildman–Crippen LogP) is 4.34. The van der Waals surface area contributed by atoms with E-state index in [2.05, 4.69) is 32.7 Å². The van der Waals surface area contributed by atoms with Crippen molar-refractivity contribution in [3.05, 3.63) is 31.9 Å². The molecule has 4 nitrogen and oxygen atoms in total. The van der Waals surface area contributed by atoms with Gasteiger partial charge in [0.2, 0.25) is 0 Å². The van der Waals surface area contributed by atoms with Crippen molar-refractivity contribution in [2.75, 3.05) is 0 Å². The van der Waals surface area contributed by atoms with Crippen LogP contribution in [0.3, 0.4) is 0 Å². The molecular weight excluding hydrogens is 306 g/mol. The van der Waals surface area contributed by atoms with E-state index in [1.54, 1.807) is 11.3 Å². The van der Waals surface area contributed by atoms with Gasteiger partial charge in [0, 0.05) is 10.3 Å². The molecule has 114 valence electrons. The van der Waals surface area contributed by atoms with Crippen LogP contribution >= 0.6 is 22.7 Å². The first-order valence-corrected chi connectivity index (χ1v) is 8.44. The van der Waals surface area contributed by atoms with Crippen molar-refractivity contribution >= 4 is 28.6 Å². The number of ether oxygens (including phenoxy) is 1. The quantitative estimate of drug-likeness (QED) is 0.888. The van der Waals surface area contributed by atoms with Gasteiger partial charge >= 0.3 is 5.97 Å². The Kier molecular flexibility index (Phi) is 4.68. The number of carboxylic acid groups (broad SMARTS) is 1. The van der Waals surface area contributed by atoms with Crippen LogP contribution in [0.25, 0.3) is 0 Å². The number of nitrogens with zero attached hydrogens (tertiary/aromatic N) is 1. The van der Waals surface area contributed by atoms with Crippen molar-refractivity contribution in [2.45, 2.75) is 46.1 Å². The highest BCUT2D eigenvalue weighted by Gasteiger charge is 2.23. The summed E-state index contributed by atoms with van der Waals surface area (Å²) in [6, 6.07) is 1.83. The number of aromatic carboxylic acids is 1. The summed E-state index contributed by atoms with van der Waals surface area (Å²) in [4.78, 5) is 17.0. The second kappa shape index (κ2) is 6.15. The highest BCUT2D eigenvalue weighted by Crippen LogP contribution is 2.37. The molecule has 0 saturated carbocycles. The molecule has 6 heteroatoms. The molecule has 2 aromatic rings. The van der Waals surface area contributed by atoms with Crippen LogP contribution in [-0.2, 0) is 18.4 Å². The van der Waals surface area contributed by atoms with Crippen molar-refractivity contribution < 1.29 is 14.6 Å². The molecule has 21 heavy (non-hydrogen) atoms. The van der Waals surface area contributed by atoms with Crippen molar-refractivity contribution in [3.8, 4) is 5.75 Å². The molecule has 2 aromatic heterocycles. The lowest BCUT2D eigenvalue weighted by molar-refractivity contribution is 0.0697. The number of carbonyl (C=O) groups is 1. The van der Waals surface area contributed by atoms with E-state index in [1.807, 2.05) is 11.4 Å². The zero-order valence-electron chi connectivity index (χ0n) is 12.6. The second-order valence-electron chi connectivity index (χ2n) is 5.73. The number of hydrogen-bond acceptors (Lipinski definition) is 5. The van der Waals surface area contributed by atoms with Gasteiger partial charge in [0.25, 0.3) is 0 Å². The third-order valence-corrected chi connectivity index (χ3v) is 5.48. The summed E-state index contributed by atoms with van der Waals surface area (Å²) in [6.07, 6.45) is 0.900. The maximum Gasteiger partial charge on any atom is 0.349 e. The van der Waals surface area contributed by atoms with Crippen LogP contribution in [0.4, 0.5) is 0 Å². The normalized spacial score (nSPS) is 11.6. The van der Waals surface area contributed by atoms with Crippen LogP contribution in [0, 0.1) is 0 Å². The molecule has 2 heterocycles. The topological polar surface area (TPSA) is 59.4 Å². The van der Waals surface area contributed by atoms with Gasteiger partial charge in [0.1, 0.15) is 12.4 Å². The molecule has 0 aliphatic heterocycles. The van der Waals surface area contributed by atoms with Gasteiger partial charge in [0.15, 0.2) is 4.88 Å². The number of thiazole rings is 1. The Morgan fingerprint density at radius 3 is 2.67 bits per heavy atom. The number of thiophene rings is 1. The molecule has 0 fully saturated rings. The average molecular weight is 325 g/mol. The Balaban J connectivity index is 2.18. The third-order valence-electron chi connectivity index (χ3n) is 2.91. The first kappa shape index (κ1) is 16.0. The molecule has 0 spiro atoms. The standard InChI is InChI=1S/C15H19NO3S2/c1-5-12-16-9(8-20-12)7-19-10-6-11(15(2,3)4)21-13(10)14(17)18/h6,8H,5,7H2,1-4H3,(H,17,18). The first-order chi connectivity index (χ1) is 9.81. The van der Waals surface area contributed by atoms with Crippen molar-refractivity contribution in [1.29, 1.82) is 0 Å². The number of carboxylic acids is 1. The van der Waals surface area contributed by atoms with Gasteiger partial charge in [-0.3, -0.25) is 0 Å².